The Kier molecular flexibility index (Phi) is 5.31. The maximum Gasteiger partial charge on any atom is 0.317 e. The minimum absolute atomic E-state index is 0.0128. The van der Waals surface area contributed by atoms with Gasteiger partial charge in [-0.05, 0) is 50.2 Å². The fourth-order valence-corrected chi connectivity index (χ4v) is 3.53. The highest BCUT2D eigenvalue weighted by Crippen LogP contribution is 2.34. The Hall–Kier alpha value is -2.68. The number of carboxylic acids is 1. The van der Waals surface area contributed by atoms with Crippen molar-refractivity contribution in [1.82, 2.24) is 10.2 Å². The van der Waals surface area contributed by atoms with E-state index in [1.165, 1.54) is 12.1 Å². The van der Waals surface area contributed by atoms with Crippen LogP contribution in [0.3, 0.4) is 0 Å². The van der Waals surface area contributed by atoms with E-state index in [0.29, 0.717) is 24.3 Å². The average molecular weight is 376 g/mol. The van der Waals surface area contributed by atoms with Gasteiger partial charge in [-0.1, -0.05) is 0 Å². The number of hydrogen-bond donors (Lipinski definition) is 3. The number of nitro benzene ring substituents is 1. The molecule has 27 heavy (non-hydrogen) atoms. The predicted octanol–water partition coefficient (Wildman–Crippen LogP) is 1.54. The number of carbonyl (C=O) groups is 2. The molecule has 0 radical (unpaired) electrons. The molecule has 9 nitrogen and oxygen atoms in total. The number of amides is 1. The molecule has 0 aromatic heterocycles. The lowest BCUT2D eigenvalue weighted by Crippen LogP contribution is -2.55. The molecule has 0 unspecified atom stereocenters. The predicted molar refractivity (Wildman–Crippen MR) is 98.5 cm³/mol. The van der Waals surface area contributed by atoms with Crippen LogP contribution in [0.4, 0.5) is 11.4 Å². The summed E-state index contributed by atoms with van der Waals surface area (Å²) < 4.78 is 0. The first-order chi connectivity index (χ1) is 12.7. The molecule has 9 heteroatoms. The fraction of sp³-hybridized carbons (Fsp3) is 0.556. The van der Waals surface area contributed by atoms with Crippen LogP contribution < -0.4 is 11.1 Å². The second-order valence-corrected chi connectivity index (χ2v) is 7.56. The number of aliphatic carboxylic acids is 1. The van der Waals surface area contributed by atoms with Gasteiger partial charge in [-0.15, -0.1) is 0 Å². The van der Waals surface area contributed by atoms with Crippen LogP contribution in [0.25, 0.3) is 0 Å². The third-order valence-corrected chi connectivity index (χ3v) is 5.24. The summed E-state index contributed by atoms with van der Waals surface area (Å²) in [4.78, 5) is 36.1. The van der Waals surface area contributed by atoms with Gasteiger partial charge in [0.05, 0.1) is 17.0 Å². The Bertz CT molecular complexity index is 771. The summed E-state index contributed by atoms with van der Waals surface area (Å²) >= 11 is 0. The molecule has 0 saturated heterocycles. The summed E-state index contributed by atoms with van der Waals surface area (Å²) in [7, 11) is 0. The molecule has 1 aromatic carbocycles. The van der Waals surface area contributed by atoms with Gasteiger partial charge in [0, 0.05) is 24.7 Å². The Balaban J connectivity index is 1.60. The van der Waals surface area contributed by atoms with Crippen LogP contribution in [0, 0.1) is 23.0 Å². The van der Waals surface area contributed by atoms with E-state index < -0.39 is 16.8 Å². The van der Waals surface area contributed by atoms with Gasteiger partial charge < -0.3 is 16.2 Å². The largest absolute Gasteiger partial charge is 0.480 e. The van der Waals surface area contributed by atoms with Crippen LogP contribution in [-0.2, 0) is 4.79 Å². The van der Waals surface area contributed by atoms with Crippen molar-refractivity contribution in [2.45, 2.75) is 44.7 Å². The van der Waals surface area contributed by atoms with Crippen molar-refractivity contribution in [3.8, 4) is 0 Å². The third kappa shape index (κ3) is 4.54. The van der Waals surface area contributed by atoms with Gasteiger partial charge in [0.2, 0.25) is 0 Å². The van der Waals surface area contributed by atoms with E-state index >= 15 is 0 Å². The molecule has 4 N–H and O–H groups in total. The first kappa shape index (κ1) is 19.1. The number of hydrogen-bond acceptors (Lipinski definition) is 6. The molecule has 146 valence electrons. The summed E-state index contributed by atoms with van der Waals surface area (Å²) in [5.74, 6) is -0.691. The first-order valence-electron chi connectivity index (χ1n) is 9.05. The van der Waals surface area contributed by atoms with Crippen molar-refractivity contribution in [1.29, 1.82) is 0 Å². The van der Waals surface area contributed by atoms with Crippen LogP contribution >= 0.6 is 0 Å². The van der Waals surface area contributed by atoms with Gasteiger partial charge in [0.25, 0.3) is 11.6 Å². The number of nitrogens with zero attached hydrogens (tertiary/aromatic N) is 2. The van der Waals surface area contributed by atoms with Crippen molar-refractivity contribution < 1.29 is 19.6 Å². The molecule has 2 aliphatic rings. The number of benzene rings is 1. The second-order valence-electron chi connectivity index (χ2n) is 7.56. The standard InChI is InChI=1S/C18H24N4O5/c1-10-4-14(17(19)15(5-10)22(26)27)18(25)20-12-6-13(7-12)21(9-16(23)24)8-11-2-3-11/h4-5,11-13H,2-3,6-9,19H2,1H3,(H,20,25)(H,23,24). The number of aryl methyl sites for hydroxylation is 1. The molecule has 3 rings (SSSR count). The van der Waals surface area contributed by atoms with Crippen molar-refractivity contribution in [3.63, 3.8) is 0 Å². The quantitative estimate of drug-likeness (QED) is 0.355. The molecule has 1 aromatic rings. The monoisotopic (exact) mass is 376 g/mol. The number of carboxylic acid groups (broad SMARTS) is 1. The first-order valence-corrected chi connectivity index (χ1v) is 9.05. The maximum atomic E-state index is 12.5. The highest BCUT2D eigenvalue weighted by Gasteiger charge is 2.38. The van der Waals surface area contributed by atoms with Gasteiger partial charge in [0.15, 0.2) is 0 Å². The summed E-state index contributed by atoms with van der Waals surface area (Å²) in [6, 6.07) is 2.93. The molecule has 0 atom stereocenters. The van der Waals surface area contributed by atoms with Crippen molar-refractivity contribution in [3.05, 3.63) is 33.4 Å². The molecule has 1 amide bonds. The number of nitrogens with two attached hydrogens (primary N) is 1. The van der Waals surface area contributed by atoms with Crippen LogP contribution in [-0.4, -0.2) is 52.0 Å². The lowest BCUT2D eigenvalue weighted by atomic mass is 9.85. The van der Waals surface area contributed by atoms with Crippen LogP contribution in [0.15, 0.2) is 12.1 Å². The summed E-state index contributed by atoms with van der Waals surface area (Å²) in [5.41, 5.74) is 6.08. The lowest BCUT2D eigenvalue weighted by Gasteiger charge is -2.42. The molecule has 0 spiro atoms. The second kappa shape index (κ2) is 7.51. The fourth-order valence-electron chi connectivity index (χ4n) is 3.53. The number of nitro groups is 1. The van der Waals surface area contributed by atoms with E-state index in [2.05, 4.69) is 5.32 Å². The molecular weight excluding hydrogens is 352 g/mol. The highest BCUT2D eigenvalue weighted by atomic mass is 16.6. The Morgan fingerprint density at radius 1 is 1.37 bits per heavy atom. The zero-order valence-electron chi connectivity index (χ0n) is 15.2. The maximum absolute atomic E-state index is 12.5. The summed E-state index contributed by atoms with van der Waals surface area (Å²) in [6.45, 7) is 2.47. The minimum atomic E-state index is -0.844. The number of rotatable bonds is 8. The molecule has 0 bridgehead atoms. The Morgan fingerprint density at radius 2 is 2.04 bits per heavy atom. The SMILES string of the molecule is Cc1cc(C(=O)NC2CC(N(CC(=O)O)CC3CC3)C2)c(N)c([N+](=O)[O-])c1. The zero-order chi connectivity index (χ0) is 19.7. The van der Waals surface area contributed by atoms with Crippen LogP contribution in [0.2, 0.25) is 0 Å². The van der Waals surface area contributed by atoms with Crippen molar-refractivity contribution in [2.24, 2.45) is 5.92 Å². The number of nitrogens with one attached hydrogen (secondary N) is 1. The average Bonchev–Trinajstić information content (AvgIpc) is 3.34. The van der Waals surface area contributed by atoms with Crippen LogP contribution in [0.5, 0.6) is 0 Å². The van der Waals surface area contributed by atoms with Crippen molar-refractivity contribution >= 4 is 23.3 Å². The molecule has 2 fully saturated rings. The minimum Gasteiger partial charge on any atom is -0.480 e. The summed E-state index contributed by atoms with van der Waals surface area (Å²) in [6.07, 6.45) is 3.63. The lowest BCUT2D eigenvalue weighted by molar-refractivity contribution is -0.384. The van der Waals surface area contributed by atoms with E-state index in [4.69, 9.17) is 10.8 Å². The third-order valence-electron chi connectivity index (χ3n) is 5.24. The topological polar surface area (TPSA) is 139 Å². The molecule has 0 aliphatic heterocycles. The van der Waals surface area contributed by atoms with Gasteiger partial charge in [-0.25, -0.2) is 0 Å². The van der Waals surface area contributed by atoms with E-state index in [1.807, 2.05) is 4.90 Å². The summed E-state index contributed by atoms with van der Waals surface area (Å²) in [5, 5.41) is 23.0. The van der Waals surface area contributed by atoms with Gasteiger partial charge in [-0.2, -0.15) is 0 Å². The smallest absolute Gasteiger partial charge is 0.317 e. The molecule has 2 saturated carbocycles. The van der Waals surface area contributed by atoms with Gasteiger partial charge in [0.1, 0.15) is 5.69 Å². The normalized spacial score (nSPS) is 21.6. The zero-order valence-corrected chi connectivity index (χ0v) is 15.2. The number of carbonyl (C=O) groups excluding carboxylic acids is 1. The Morgan fingerprint density at radius 3 is 2.59 bits per heavy atom. The van der Waals surface area contributed by atoms with E-state index in [1.54, 1.807) is 6.92 Å². The van der Waals surface area contributed by atoms with Crippen molar-refractivity contribution in [2.75, 3.05) is 18.8 Å². The number of anilines is 1. The molecule has 2 aliphatic carbocycles. The van der Waals surface area contributed by atoms with E-state index in [-0.39, 0.29) is 35.6 Å². The number of nitrogen functional groups attached to an aromatic ring is 1. The highest BCUT2D eigenvalue weighted by molar-refractivity contribution is 6.01. The van der Waals surface area contributed by atoms with E-state index in [0.717, 1.165) is 19.4 Å². The van der Waals surface area contributed by atoms with E-state index in [9.17, 15) is 19.7 Å². The Labute approximate surface area is 156 Å². The molecular formula is C18H24N4O5. The van der Waals surface area contributed by atoms with Crippen LogP contribution in [0.1, 0.15) is 41.6 Å². The van der Waals surface area contributed by atoms with Gasteiger partial charge in [-0.3, -0.25) is 24.6 Å². The molecule has 0 heterocycles. The van der Waals surface area contributed by atoms with Gasteiger partial charge >= 0.3 is 5.97 Å².